The number of aliphatic hydroxyl groups excluding tert-OH is 2. The fraction of sp³-hybridized carbons (Fsp3) is 0.500. The van der Waals surface area contributed by atoms with Gasteiger partial charge in [0.2, 0.25) is 0 Å². The molecule has 2 N–H and O–H groups in total. The maximum atomic E-state index is 12.4. The minimum atomic E-state index is -4.30. The largest absolute Gasteiger partial charge is 0.401 e. The van der Waals surface area contributed by atoms with Gasteiger partial charge in [0.15, 0.2) is 0 Å². The van der Waals surface area contributed by atoms with E-state index in [4.69, 9.17) is 10.2 Å². The summed E-state index contributed by atoms with van der Waals surface area (Å²) in [5, 5.41) is 19.2. The van der Waals surface area contributed by atoms with Gasteiger partial charge in [-0.15, -0.1) is 11.3 Å². The summed E-state index contributed by atoms with van der Waals surface area (Å²) in [6.45, 7) is -1.67. The molecule has 1 aromatic rings. The SMILES string of the molecule is OCC#Cc1ccsc1CN(CCO)CC(F)(F)F. The highest BCUT2D eigenvalue weighted by Crippen LogP contribution is 2.22. The summed E-state index contributed by atoms with van der Waals surface area (Å²) in [6.07, 6.45) is -4.30. The average Bonchev–Trinajstić information content (AvgIpc) is 2.72. The van der Waals surface area contributed by atoms with E-state index in [-0.39, 0.29) is 26.3 Å². The zero-order valence-electron chi connectivity index (χ0n) is 10.1. The molecule has 0 aromatic carbocycles. The number of aliphatic hydroxyl groups is 2. The van der Waals surface area contributed by atoms with Crippen LogP contribution in [0.5, 0.6) is 0 Å². The van der Waals surface area contributed by atoms with Crippen molar-refractivity contribution in [3.63, 3.8) is 0 Å². The van der Waals surface area contributed by atoms with E-state index in [1.165, 1.54) is 11.3 Å². The van der Waals surface area contributed by atoms with Crippen molar-refractivity contribution in [3.05, 3.63) is 21.9 Å². The van der Waals surface area contributed by atoms with Crippen LogP contribution in [0.4, 0.5) is 13.2 Å². The lowest BCUT2D eigenvalue weighted by atomic mass is 10.2. The minimum absolute atomic E-state index is 0.0513. The van der Waals surface area contributed by atoms with E-state index in [1.807, 2.05) is 0 Å². The Balaban J connectivity index is 2.76. The van der Waals surface area contributed by atoms with Crippen LogP contribution in [0.25, 0.3) is 0 Å². The average molecular weight is 293 g/mol. The molecule has 1 heterocycles. The first kappa shape index (κ1) is 16.0. The van der Waals surface area contributed by atoms with Gasteiger partial charge in [0.25, 0.3) is 0 Å². The lowest BCUT2D eigenvalue weighted by Crippen LogP contribution is -2.35. The highest BCUT2D eigenvalue weighted by Gasteiger charge is 2.30. The summed E-state index contributed by atoms with van der Waals surface area (Å²) in [6, 6.07) is 1.70. The lowest BCUT2D eigenvalue weighted by molar-refractivity contribution is -0.147. The second kappa shape index (κ2) is 7.50. The van der Waals surface area contributed by atoms with E-state index in [0.717, 1.165) is 4.90 Å². The van der Waals surface area contributed by atoms with Crippen molar-refractivity contribution >= 4 is 11.3 Å². The van der Waals surface area contributed by atoms with Crippen molar-refractivity contribution in [2.45, 2.75) is 12.7 Å². The molecule has 0 saturated carbocycles. The molecule has 106 valence electrons. The number of hydrogen-bond acceptors (Lipinski definition) is 4. The Bertz CT molecular complexity index is 448. The van der Waals surface area contributed by atoms with Gasteiger partial charge in [-0.05, 0) is 11.4 Å². The molecule has 0 aliphatic heterocycles. The molecule has 7 heteroatoms. The molecular weight excluding hydrogens is 279 g/mol. The van der Waals surface area contributed by atoms with Crippen LogP contribution in [0.15, 0.2) is 11.4 Å². The maximum absolute atomic E-state index is 12.4. The normalized spacial score (nSPS) is 11.5. The standard InChI is InChI=1S/C12H14F3NO2S/c13-12(14,15)9-16(4-6-18)8-11-10(2-1-5-17)3-7-19-11/h3,7,17-18H,4-6,8-9H2. The Labute approximate surface area is 113 Å². The van der Waals surface area contributed by atoms with Gasteiger partial charge < -0.3 is 10.2 Å². The predicted octanol–water partition coefficient (Wildman–Crippen LogP) is 1.45. The van der Waals surface area contributed by atoms with Crippen molar-refractivity contribution in [1.29, 1.82) is 0 Å². The van der Waals surface area contributed by atoms with Gasteiger partial charge in [0.1, 0.15) is 6.61 Å². The molecule has 1 aromatic heterocycles. The number of hydrogen-bond donors (Lipinski definition) is 2. The zero-order chi connectivity index (χ0) is 14.3. The van der Waals surface area contributed by atoms with E-state index in [1.54, 1.807) is 11.4 Å². The number of rotatable bonds is 5. The van der Waals surface area contributed by atoms with E-state index >= 15 is 0 Å². The summed E-state index contributed by atoms with van der Waals surface area (Å²) in [5.41, 5.74) is 0.615. The Morgan fingerprint density at radius 3 is 2.63 bits per heavy atom. The van der Waals surface area contributed by atoms with Gasteiger partial charge in [-0.1, -0.05) is 11.8 Å². The summed E-state index contributed by atoms with van der Waals surface area (Å²) in [5.74, 6) is 5.16. The van der Waals surface area contributed by atoms with Crippen molar-refractivity contribution in [3.8, 4) is 11.8 Å². The third-order valence-electron chi connectivity index (χ3n) is 2.23. The molecular formula is C12H14F3NO2S. The van der Waals surface area contributed by atoms with Gasteiger partial charge in [-0.2, -0.15) is 13.2 Å². The number of thiophene rings is 1. The molecule has 0 aliphatic carbocycles. The summed E-state index contributed by atoms with van der Waals surface area (Å²) >= 11 is 1.31. The summed E-state index contributed by atoms with van der Waals surface area (Å²) < 4.78 is 37.1. The van der Waals surface area contributed by atoms with Crippen LogP contribution >= 0.6 is 11.3 Å². The molecule has 0 fully saturated rings. The molecule has 19 heavy (non-hydrogen) atoms. The van der Waals surface area contributed by atoms with Gasteiger partial charge in [0, 0.05) is 23.5 Å². The fourth-order valence-electron chi connectivity index (χ4n) is 1.52. The zero-order valence-corrected chi connectivity index (χ0v) is 10.9. The molecule has 0 saturated heterocycles. The van der Waals surface area contributed by atoms with Crippen LogP contribution in [0.1, 0.15) is 10.4 Å². The van der Waals surface area contributed by atoms with Crippen LogP contribution in [-0.4, -0.2) is 47.6 Å². The van der Waals surface area contributed by atoms with E-state index in [9.17, 15) is 13.2 Å². The second-order valence-corrected chi connectivity index (χ2v) is 4.77. The molecule has 0 atom stereocenters. The van der Waals surface area contributed by atoms with Crippen LogP contribution in [-0.2, 0) is 6.54 Å². The Kier molecular flexibility index (Phi) is 6.31. The fourth-order valence-corrected chi connectivity index (χ4v) is 2.39. The van der Waals surface area contributed by atoms with E-state index in [2.05, 4.69) is 11.8 Å². The molecule has 0 aliphatic rings. The van der Waals surface area contributed by atoms with Crippen LogP contribution in [0, 0.1) is 11.8 Å². The molecule has 1 rings (SSSR count). The predicted molar refractivity (Wildman–Crippen MR) is 66.7 cm³/mol. The van der Waals surface area contributed by atoms with Crippen molar-refractivity contribution in [2.75, 3.05) is 26.3 Å². The smallest absolute Gasteiger partial charge is 0.395 e. The van der Waals surface area contributed by atoms with Crippen molar-refractivity contribution in [1.82, 2.24) is 4.90 Å². The first-order valence-electron chi connectivity index (χ1n) is 5.52. The van der Waals surface area contributed by atoms with Crippen LogP contribution in [0.3, 0.4) is 0 Å². The quantitative estimate of drug-likeness (QED) is 0.808. The Hall–Kier alpha value is -1.07. The molecule has 0 amide bonds. The van der Waals surface area contributed by atoms with Gasteiger partial charge >= 0.3 is 6.18 Å². The third-order valence-corrected chi connectivity index (χ3v) is 3.14. The van der Waals surface area contributed by atoms with Gasteiger partial charge in [-0.3, -0.25) is 4.90 Å². The van der Waals surface area contributed by atoms with Gasteiger partial charge in [-0.25, -0.2) is 0 Å². The van der Waals surface area contributed by atoms with Crippen LogP contribution in [0.2, 0.25) is 0 Å². The van der Waals surface area contributed by atoms with Crippen molar-refractivity contribution < 1.29 is 23.4 Å². The first-order chi connectivity index (χ1) is 8.96. The van der Waals surface area contributed by atoms with Crippen molar-refractivity contribution in [2.24, 2.45) is 0 Å². The molecule has 3 nitrogen and oxygen atoms in total. The number of alkyl halides is 3. The molecule has 0 radical (unpaired) electrons. The molecule has 0 spiro atoms. The lowest BCUT2D eigenvalue weighted by Gasteiger charge is -2.22. The monoisotopic (exact) mass is 293 g/mol. The molecule has 0 unspecified atom stereocenters. The number of halogens is 3. The highest BCUT2D eigenvalue weighted by atomic mass is 32.1. The topological polar surface area (TPSA) is 43.7 Å². The molecule has 0 bridgehead atoms. The Morgan fingerprint density at radius 2 is 2.05 bits per heavy atom. The van der Waals surface area contributed by atoms with E-state index < -0.39 is 12.7 Å². The summed E-state index contributed by atoms with van der Waals surface area (Å²) in [7, 11) is 0. The minimum Gasteiger partial charge on any atom is -0.395 e. The Morgan fingerprint density at radius 1 is 1.32 bits per heavy atom. The highest BCUT2D eigenvalue weighted by molar-refractivity contribution is 7.10. The van der Waals surface area contributed by atoms with Gasteiger partial charge in [0.05, 0.1) is 13.2 Å². The summed E-state index contributed by atoms with van der Waals surface area (Å²) in [4.78, 5) is 1.81. The third kappa shape index (κ3) is 6.07. The second-order valence-electron chi connectivity index (χ2n) is 3.77. The number of nitrogens with zero attached hydrogens (tertiary/aromatic N) is 1. The first-order valence-corrected chi connectivity index (χ1v) is 6.40. The van der Waals surface area contributed by atoms with Crippen LogP contribution < -0.4 is 0 Å². The van der Waals surface area contributed by atoms with E-state index in [0.29, 0.717) is 10.4 Å². The maximum Gasteiger partial charge on any atom is 0.401 e.